The fourth-order valence-corrected chi connectivity index (χ4v) is 2.46. The van der Waals surface area contributed by atoms with Crippen LogP contribution in [0, 0.1) is 0 Å². The van der Waals surface area contributed by atoms with Crippen molar-refractivity contribution < 1.29 is 19.1 Å². The third-order valence-corrected chi connectivity index (χ3v) is 3.23. The number of carbonyl (C=O) groups excluding carboxylic acids is 1. The molecule has 0 radical (unpaired) electrons. The number of piperazine rings is 1. The lowest BCUT2D eigenvalue weighted by Crippen LogP contribution is -2.52. The molecule has 0 spiro atoms. The molecular formula is C8H18N3O4P. The number of nitrogens with two attached hydrogens (primary N) is 1. The maximum Gasteiger partial charge on any atom is 0.339 e. The normalized spacial score (nSPS) is 20.9. The molecule has 1 rings (SSSR count). The van der Waals surface area contributed by atoms with E-state index in [1.165, 1.54) is 0 Å². The maximum atomic E-state index is 11.5. The summed E-state index contributed by atoms with van der Waals surface area (Å²) in [5.74, 6) is -0.115. The van der Waals surface area contributed by atoms with Crippen LogP contribution in [0.25, 0.3) is 0 Å². The van der Waals surface area contributed by atoms with Crippen molar-refractivity contribution in [1.82, 2.24) is 9.80 Å². The number of hydrogen-bond donors (Lipinski definition) is 3. The highest BCUT2D eigenvalue weighted by atomic mass is 31.2. The predicted octanol–water partition coefficient (Wildman–Crippen LogP) is -1.39. The highest BCUT2D eigenvalue weighted by molar-refractivity contribution is 7.51. The quantitative estimate of drug-likeness (QED) is 0.533. The molecule has 0 saturated carbocycles. The van der Waals surface area contributed by atoms with E-state index in [2.05, 4.69) is 0 Å². The highest BCUT2D eigenvalue weighted by Gasteiger charge is 2.26. The average Bonchev–Trinajstić information content (AvgIpc) is 2.15. The molecular weight excluding hydrogens is 233 g/mol. The first-order chi connectivity index (χ1) is 7.29. The molecule has 1 amide bonds. The van der Waals surface area contributed by atoms with Gasteiger partial charge in [-0.1, -0.05) is 0 Å². The Labute approximate surface area is 94.4 Å². The Balaban J connectivity index is 2.40. The Morgan fingerprint density at radius 2 is 1.88 bits per heavy atom. The van der Waals surface area contributed by atoms with Gasteiger partial charge < -0.3 is 20.4 Å². The molecule has 0 aliphatic carbocycles. The summed E-state index contributed by atoms with van der Waals surface area (Å²) in [7, 11) is -4.00. The van der Waals surface area contributed by atoms with E-state index in [0.29, 0.717) is 26.2 Å². The van der Waals surface area contributed by atoms with Gasteiger partial charge in [0.1, 0.15) is 6.29 Å². The van der Waals surface area contributed by atoms with Crippen molar-refractivity contribution in [2.24, 2.45) is 5.73 Å². The minimum atomic E-state index is -4.00. The van der Waals surface area contributed by atoms with Crippen LogP contribution in [0.2, 0.25) is 0 Å². The van der Waals surface area contributed by atoms with E-state index < -0.39 is 13.6 Å². The molecule has 1 atom stereocenters. The SMILES string of the molecule is CC(N)C(=O)N1CCN(CP(=O)(O)O)CC1. The van der Waals surface area contributed by atoms with Gasteiger partial charge in [-0.15, -0.1) is 0 Å². The predicted molar refractivity (Wildman–Crippen MR) is 58.7 cm³/mol. The summed E-state index contributed by atoms with van der Waals surface area (Å²) in [6.45, 7) is 3.53. The number of amides is 1. The van der Waals surface area contributed by atoms with Crippen LogP contribution in [-0.2, 0) is 9.36 Å². The van der Waals surface area contributed by atoms with Crippen LogP contribution in [0.15, 0.2) is 0 Å². The lowest BCUT2D eigenvalue weighted by molar-refractivity contribution is -0.133. The summed E-state index contributed by atoms with van der Waals surface area (Å²) >= 11 is 0. The fraction of sp³-hybridized carbons (Fsp3) is 0.875. The Morgan fingerprint density at radius 1 is 1.38 bits per heavy atom. The van der Waals surface area contributed by atoms with Gasteiger partial charge >= 0.3 is 7.60 Å². The van der Waals surface area contributed by atoms with Crippen LogP contribution in [0.1, 0.15) is 6.92 Å². The molecule has 1 aliphatic heterocycles. The molecule has 0 bridgehead atoms. The van der Waals surface area contributed by atoms with Gasteiger partial charge in [0.25, 0.3) is 0 Å². The first kappa shape index (κ1) is 13.6. The summed E-state index contributed by atoms with van der Waals surface area (Å²) in [5.41, 5.74) is 5.47. The van der Waals surface area contributed by atoms with E-state index in [1.54, 1.807) is 16.7 Å². The smallest absolute Gasteiger partial charge is 0.339 e. The first-order valence-corrected chi connectivity index (χ1v) is 6.90. The molecule has 0 aromatic carbocycles. The standard InChI is InChI=1S/C8H18N3O4P/c1-7(9)8(12)11-4-2-10(3-5-11)6-16(13,14)15/h7H,2-6,9H2,1H3,(H2,13,14,15). The number of carbonyl (C=O) groups is 1. The van der Waals surface area contributed by atoms with Crippen molar-refractivity contribution in [3.63, 3.8) is 0 Å². The van der Waals surface area contributed by atoms with Gasteiger partial charge in [-0.2, -0.15) is 0 Å². The van der Waals surface area contributed by atoms with E-state index in [-0.39, 0.29) is 12.2 Å². The zero-order valence-electron chi connectivity index (χ0n) is 9.24. The third-order valence-electron chi connectivity index (χ3n) is 2.46. The minimum absolute atomic E-state index is 0.115. The van der Waals surface area contributed by atoms with Crippen molar-refractivity contribution in [1.29, 1.82) is 0 Å². The molecule has 0 aromatic rings. The molecule has 1 aliphatic rings. The number of hydrogen-bond acceptors (Lipinski definition) is 4. The largest absolute Gasteiger partial charge is 0.339 e. The van der Waals surface area contributed by atoms with E-state index in [1.807, 2.05) is 0 Å². The Kier molecular flexibility index (Phi) is 4.46. The average molecular weight is 251 g/mol. The van der Waals surface area contributed by atoms with E-state index in [9.17, 15) is 9.36 Å². The van der Waals surface area contributed by atoms with Gasteiger partial charge in [0.15, 0.2) is 0 Å². The van der Waals surface area contributed by atoms with Crippen LogP contribution >= 0.6 is 7.60 Å². The molecule has 4 N–H and O–H groups in total. The van der Waals surface area contributed by atoms with Gasteiger partial charge in [-0.25, -0.2) is 0 Å². The monoisotopic (exact) mass is 251 g/mol. The third kappa shape index (κ3) is 4.19. The topological polar surface area (TPSA) is 107 Å². The van der Waals surface area contributed by atoms with E-state index >= 15 is 0 Å². The lowest BCUT2D eigenvalue weighted by Gasteiger charge is -2.35. The van der Waals surface area contributed by atoms with Gasteiger partial charge in [0, 0.05) is 26.2 Å². The van der Waals surface area contributed by atoms with Crippen LogP contribution in [-0.4, -0.2) is 64.0 Å². The lowest BCUT2D eigenvalue weighted by atomic mass is 10.2. The highest BCUT2D eigenvalue weighted by Crippen LogP contribution is 2.35. The van der Waals surface area contributed by atoms with Gasteiger partial charge in [0.2, 0.25) is 5.91 Å². The molecule has 1 unspecified atom stereocenters. The second-order valence-electron chi connectivity index (χ2n) is 4.04. The molecule has 1 heterocycles. The summed E-state index contributed by atoms with van der Waals surface area (Å²) in [4.78, 5) is 32.4. The molecule has 8 heteroatoms. The van der Waals surface area contributed by atoms with Crippen LogP contribution < -0.4 is 5.73 Å². The molecule has 0 aromatic heterocycles. The maximum absolute atomic E-state index is 11.5. The van der Waals surface area contributed by atoms with Crippen LogP contribution in [0.5, 0.6) is 0 Å². The molecule has 7 nitrogen and oxygen atoms in total. The van der Waals surface area contributed by atoms with Gasteiger partial charge in [-0.05, 0) is 6.92 Å². The van der Waals surface area contributed by atoms with Crippen LogP contribution in [0.4, 0.5) is 0 Å². The van der Waals surface area contributed by atoms with Crippen molar-refractivity contribution in [2.45, 2.75) is 13.0 Å². The van der Waals surface area contributed by atoms with Gasteiger partial charge in [0.05, 0.1) is 6.04 Å². The van der Waals surface area contributed by atoms with Crippen molar-refractivity contribution >= 4 is 13.5 Å². The van der Waals surface area contributed by atoms with Crippen molar-refractivity contribution in [3.8, 4) is 0 Å². The zero-order valence-corrected chi connectivity index (χ0v) is 10.1. The van der Waals surface area contributed by atoms with E-state index in [0.717, 1.165) is 0 Å². The summed E-state index contributed by atoms with van der Waals surface area (Å²) in [5, 5.41) is 0. The second-order valence-corrected chi connectivity index (χ2v) is 5.65. The fourth-order valence-electron chi connectivity index (χ4n) is 1.66. The van der Waals surface area contributed by atoms with Gasteiger partial charge in [-0.3, -0.25) is 14.3 Å². The zero-order chi connectivity index (χ0) is 12.3. The van der Waals surface area contributed by atoms with Crippen molar-refractivity contribution in [3.05, 3.63) is 0 Å². The first-order valence-electron chi connectivity index (χ1n) is 5.11. The number of rotatable bonds is 3. The molecule has 16 heavy (non-hydrogen) atoms. The van der Waals surface area contributed by atoms with Crippen molar-refractivity contribution in [2.75, 3.05) is 32.5 Å². The molecule has 94 valence electrons. The summed E-state index contributed by atoms with van der Waals surface area (Å²) in [6, 6.07) is -0.520. The van der Waals surface area contributed by atoms with E-state index in [4.69, 9.17) is 15.5 Å². The minimum Gasteiger partial charge on any atom is -0.339 e. The Hall–Kier alpha value is -0.460. The summed E-state index contributed by atoms with van der Waals surface area (Å²) < 4.78 is 10.8. The summed E-state index contributed by atoms with van der Waals surface area (Å²) in [6.07, 6.45) is -0.243. The molecule has 1 saturated heterocycles. The van der Waals surface area contributed by atoms with Crippen LogP contribution in [0.3, 0.4) is 0 Å². The Morgan fingerprint density at radius 3 is 2.25 bits per heavy atom. The Bertz CT molecular complexity index is 296. The number of nitrogens with zero attached hydrogens (tertiary/aromatic N) is 2. The molecule has 1 fully saturated rings. The second kappa shape index (κ2) is 5.25.